The van der Waals surface area contributed by atoms with Gasteiger partial charge in [0.1, 0.15) is 0 Å². The fourth-order valence-electron chi connectivity index (χ4n) is 5.23. The monoisotopic (exact) mass is 487 g/mol. The van der Waals surface area contributed by atoms with Crippen LogP contribution < -0.4 is 14.8 Å². The molecule has 0 amide bonds. The lowest BCUT2D eigenvalue weighted by atomic mass is 9.81. The number of esters is 2. The van der Waals surface area contributed by atoms with Gasteiger partial charge in [-0.05, 0) is 67.1 Å². The number of ether oxygens (including phenoxy) is 2. The summed E-state index contributed by atoms with van der Waals surface area (Å²) in [4.78, 5) is 25.5. The minimum absolute atomic E-state index is 0.214. The van der Waals surface area contributed by atoms with Gasteiger partial charge in [-0.2, -0.15) is 0 Å². The summed E-state index contributed by atoms with van der Waals surface area (Å²) in [5.74, 6) is 1.99. The molecule has 196 valence electrons. The van der Waals surface area contributed by atoms with Crippen LogP contribution in [0.5, 0.6) is 11.5 Å². The van der Waals surface area contributed by atoms with Gasteiger partial charge in [-0.15, -0.1) is 0 Å². The SMILES string of the molecule is CC1CCC(CC(=O)Oc2ccc(C(O)CNC(C)C)cc2OC(=O)CC2CCC(C)CC2)CC1. The molecule has 1 aromatic carbocycles. The standard InChI is InChI=1S/C29H45NO5/c1-19(2)30-18-25(31)24-13-14-26(34-28(32)15-22-9-5-20(3)6-10-22)27(17-24)35-29(33)16-23-11-7-21(4)8-12-23/h13-14,17,19-23,25,30-31H,5-12,15-16,18H2,1-4H3. The van der Waals surface area contributed by atoms with Crippen molar-refractivity contribution in [2.75, 3.05) is 6.54 Å². The number of hydrogen-bond donors (Lipinski definition) is 2. The van der Waals surface area contributed by atoms with Crippen molar-refractivity contribution in [1.29, 1.82) is 0 Å². The van der Waals surface area contributed by atoms with Gasteiger partial charge in [-0.3, -0.25) is 9.59 Å². The van der Waals surface area contributed by atoms with Crippen LogP contribution in [0.1, 0.15) is 104 Å². The third kappa shape index (κ3) is 9.23. The highest BCUT2D eigenvalue weighted by molar-refractivity contribution is 5.76. The van der Waals surface area contributed by atoms with Crippen molar-refractivity contribution in [3.63, 3.8) is 0 Å². The molecule has 2 saturated carbocycles. The number of benzene rings is 1. The Labute approximate surface area is 211 Å². The molecular weight excluding hydrogens is 442 g/mol. The van der Waals surface area contributed by atoms with E-state index < -0.39 is 6.10 Å². The smallest absolute Gasteiger partial charge is 0.311 e. The molecule has 1 atom stereocenters. The normalized spacial score (nSPS) is 25.8. The van der Waals surface area contributed by atoms with E-state index in [9.17, 15) is 14.7 Å². The van der Waals surface area contributed by atoms with E-state index in [4.69, 9.17) is 9.47 Å². The number of aliphatic hydroxyl groups excluding tert-OH is 1. The van der Waals surface area contributed by atoms with E-state index in [2.05, 4.69) is 19.2 Å². The minimum atomic E-state index is -0.760. The van der Waals surface area contributed by atoms with Crippen LogP contribution in [0.15, 0.2) is 18.2 Å². The Kier molecular flexibility index (Phi) is 10.6. The van der Waals surface area contributed by atoms with Crippen LogP contribution in [-0.4, -0.2) is 29.6 Å². The lowest BCUT2D eigenvalue weighted by molar-refractivity contribution is -0.138. The quantitative estimate of drug-likeness (QED) is 0.313. The van der Waals surface area contributed by atoms with Gasteiger partial charge >= 0.3 is 11.9 Å². The van der Waals surface area contributed by atoms with Crippen LogP contribution in [0, 0.1) is 23.7 Å². The molecular formula is C29H45NO5. The first-order chi connectivity index (χ1) is 16.7. The summed E-state index contributed by atoms with van der Waals surface area (Å²) in [7, 11) is 0. The number of aliphatic hydroxyl groups is 1. The van der Waals surface area contributed by atoms with Crippen LogP contribution in [0.3, 0.4) is 0 Å². The first kappa shape index (κ1) is 27.7. The largest absolute Gasteiger partial charge is 0.423 e. The summed E-state index contributed by atoms with van der Waals surface area (Å²) < 4.78 is 11.4. The summed E-state index contributed by atoms with van der Waals surface area (Å²) >= 11 is 0. The van der Waals surface area contributed by atoms with Gasteiger partial charge in [0.2, 0.25) is 0 Å². The zero-order chi connectivity index (χ0) is 25.4. The lowest BCUT2D eigenvalue weighted by Crippen LogP contribution is -2.28. The molecule has 2 fully saturated rings. The average molecular weight is 488 g/mol. The second kappa shape index (κ2) is 13.4. The fraction of sp³-hybridized carbons (Fsp3) is 0.724. The number of carbonyl (C=O) groups is 2. The molecule has 35 heavy (non-hydrogen) atoms. The van der Waals surface area contributed by atoms with E-state index in [0.29, 0.717) is 36.8 Å². The number of nitrogens with one attached hydrogen (secondary N) is 1. The Bertz CT molecular complexity index is 822. The van der Waals surface area contributed by atoms with E-state index in [1.54, 1.807) is 18.2 Å². The van der Waals surface area contributed by atoms with Crippen LogP contribution in [0.4, 0.5) is 0 Å². The molecule has 0 radical (unpaired) electrons. The third-order valence-electron chi connectivity index (χ3n) is 7.70. The Balaban J connectivity index is 1.67. The molecule has 0 aliphatic heterocycles. The van der Waals surface area contributed by atoms with Gasteiger partial charge in [0, 0.05) is 25.4 Å². The van der Waals surface area contributed by atoms with E-state index in [0.717, 1.165) is 63.2 Å². The van der Waals surface area contributed by atoms with E-state index >= 15 is 0 Å². The average Bonchev–Trinajstić information content (AvgIpc) is 2.81. The Morgan fingerprint density at radius 2 is 1.34 bits per heavy atom. The predicted molar refractivity (Wildman–Crippen MR) is 137 cm³/mol. The van der Waals surface area contributed by atoms with Gasteiger partial charge in [0.05, 0.1) is 6.10 Å². The third-order valence-corrected chi connectivity index (χ3v) is 7.70. The fourth-order valence-corrected chi connectivity index (χ4v) is 5.23. The maximum absolute atomic E-state index is 12.8. The Hall–Kier alpha value is -1.92. The molecule has 0 spiro atoms. The predicted octanol–water partition coefficient (Wildman–Crippen LogP) is 5.96. The van der Waals surface area contributed by atoms with E-state index in [1.807, 2.05) is 13.8 Å². The maximum atomic E-state index is 12.8. The summed E-state index contributed by atoms with van der Waals surface area (Å²) in [5.41, 5.74) is 0.619. The number of rotatable bonds is 10. The topological polar surface area (TPSA) is 84.9 Å². The van der Waals surface area contributed by atoms with Crippen molar-refractivity contribution < 1.29 is 24.2 Å². The van der Waals surface area contributed by atoms with Gasteiger partial charge in [0.25, 0.3) is 0 Å². The molecule has 1 aromatic rings. The van der Waals surface area contributed by atoms with Crippen molar-refractivity contribution in [2.45, 2.75) is 104 Å². The van der Waals surface area contributed by atoms with E-state index in [1.165, 1.54) is 0 Å². The molecule has 2 N–H and O–H groups in total. The first-order valence-corrected chi connectivity index (χ1v) is 13.7. The van der Waals surface area contributed by atoms with Crippen molar-refractivity contribution in [1.82, 2.24) is 5.32 Å². The van der Waals surface area contributed by atoms with Crippen molar-refractivity contribution in [3.05, 3.63) is 23.8 Å². The molecule has 6 heteroatoms. The van der Waals surface area contributed by atoms with Crippen molar-refractivity contribution in [2.24, 2.45) is 23.7 Å². The molecule has 1 unspecified atom stereocenters. The van der Waals surface area contributed by atoms with Crippen LogP contribution in [0.2, 0.25) is 0 Å². The van der Waals surface area contributed by atoms with Crippen LogP contribution in [0.25, 0.3) is 0 Å². The van der Waals surface area contributed by atoms with Gasteiger partial charge < -0.3 is 19.9 Å². The molecule has 0 bridgehead atoms. The zero-order valence-corrected chi connectivity index (χ0v) is 22.1. The maximum Gasteiger partial charge on any atom is 0.311 e. The Morgan fingerprint density at radius 3 is 1.83 bits per heavy atom. The summed E-state index contributed by atoms with van der Waals surface area (Å²) in [6.07, 6.45) is 8.74. The molecule has 6 nitrogen and oxygen atoms in total. The lowest BCUT2D eigenvalue weighted by Gasteiger charge is -2.26. The Morgan fingerprint density at radius 1 is 0.857 bits per heavy atom. The van der Waals surface area contributed by atoms with Crippen LogP contribution in [-0.2, 0) is 9.59 Å². The van der Waals surface area contributed by atoms with Crippen LogP contribution >= 0.6 is 0 Å². The second-order valence-electron chi connectivity index (χ2n) is 11.4. The first-order valence-electron chi connectivity index (χ1n) is 13.7. The summed E-state index contributed by atoms with van der Waals surface area (Å²) in [5, 5.41) is 13.8. The zero-order valence-electron chi connectivity index (χ0n) is 22.1. The van der Waals surface area contributed by atoms with Gasteiger partial charge in [-0.25, -0.2) is 0 Å². The molecule has 0 heterocycles. The highest BCUT2D eigenvalue weighted by Gasteiger charge is 2.25. The molecule has 0 saturated heterocycles. The van der Waals surface area contributed by atoms with Gasteiger partial charge in [-0.1, -0.05) is 59.4 Å². The van der Waals surface area contributed by atoms with Crippen molar-refractivity contribution in [3.8, 4) is 11.5 Å². The van der Waals surface area contributed by atoms with E-state index in [-0.39, 0.29) is 29.5 Å². The molecule has 0 aromatic heterocycles. The summed E-state index contributed by atoms with van der Waals surface area (Å²) in [6, 6.07) is 5.25. The van der Waals surface area contributed by atoms with Crippen molar-refractivity contribution >= 4 is 11.9 Å². The molecule has 3 rings (SSSR count). The second-order valence-corrected chi connectivity index (χ2v) is 11.4. The highest BCUT2D eigenvalue weighted by atomic mass is 16.6. The summed E-state index contributed by atoms with van der Waals surface area (Å²) in [6.45, 7) is 8.93. The highest BCUT2D eigenvalue weighted by Crippen LogP contribution is 2.35. The molecule has 2 aliphatic carbocycles. The number of hydrogen-bond acceptors (Lipinski definition) is 6. The molecule has 2 aliphatic rings. The minimum Gasteiger partial charge on any atom is -0.423 e. The number of carbonyl (C=O) groups excluding carboxylic acids is 2. The van der Waals surface area contributed by atoms with Gasteiger partial charge in [0.15, 0.2) is 11.5 Å².